The van der Waals surface area contributed by atoms with E-state index in [9.17, 15) is 0 Å². The monoisotopic (exact) mass is 194 g/mol. The van der Waals surface area contributed by atoms with E-state index in [0.717, 1.165) is 6.04 Å². The van der Waals surface area contributed by atoms with Gasteiger partial charge in [0.05, 0.1) is 0 Å². The summed E-state index contributed by atoms with van der Waals surface area (Å²) in [5, 5.41) is 8.63. The maximum absolute atomic E-state index is 8.63. The molecule has 0 spiro atoms. The summed E-state index contributed by atoms with van der Waals surface area (Å²) in [5.41, 5.74) is 0. The molecule has 1 N–H and O–H groups in total. The van der Waals surface area contributed by atoms with E-state index in [0.29, 0.717) is 5.92 Å². The summed E-state index contributed by atoms with van der Waals surface area (Å²) in [4.78, 5) is 0. The summed E-state index contributed by atoms with van der Waals surface area (Å²) in [5.74, 6) is 0.433. The molecule has 4 nitrogen and oxygen atoms in total. The third kappa shape index (κ3) is 3.64. The first-order valence-electron chi connectivity index (χ1n) is 3.95. The van der Waals surface area contributed by atoms with Crippen molar-refractivity contribution in [2.24, 2.45) is 5.92 Å². The molecule has 0 rings (SSSR count). The first kappa shape index (κ1) is 12.1. The second kappa shape index (κ2) is 5.66. The molecular weight excluding hydrogens is 176 g/mol. The Labute approximate surface area is 74.8 Å². The van der Waals surface area contributed by atoms with Crippen molar-refractivity contribution in [3.05, 3.63) is 0 Å². The molecule has 0 radical (unpaired) electrons. The summed E-state index contributed by atoms with van der Waals surface area (Å²) in [6.07, 6.45) is 0. The Kier molecular flexibility index (Phi) is 5.69. The molecule has 74 valence electrons. The molecule has 0 fully saturated rings. The molecule has 0 aromatic carbocycles. The van der Waals surface area contributed by atoms with Gasteiger partial charge in [-0.25, -0.2) is 0 Å². The van der Waals surface area contributed by atoms with E-state index in [1.807, 2.05) is 0 Å². The molecule has 0 aliphatic rings. The van der Waals surface area contributed by atoms with Crippen molar-refractivity contribution in [2.45, 2.75) is 19.9 Å². The highest BCUT2D eigenvalue weighted by Crippen LogP contribution is 2.18. The standard InChI is InChI=1S/C7H18O4Si/c1-7(2)5-12(9-3,10-4)11-6-8/h7-8H,5-6H2,1-4H3. The number of hydrogen-bond donors (Lipinski definition) is 1. The smallest absolute Gasteiger partial charge is 0.377 e. The molecule has 0 atom stereocenters. The summed E-state index contributed by atoms with van der Waals surface area (Å²) < 4.78 is 15.4. The first-order valence-corrected chi connectivity index (χ1v) is 5.88. The van der Waals surface area contributed by atoms with Crippen molar-refractivity contribution in [2.75, 3.05) is 21.0 Å². The molecule has 12 heavy (non-hydrogen) atoms. The highest BCUT2D eigenvalue weighted by atomic mass is 28.4. The van der Waals surface area contributed by atoms with Gasteiger partial charge in [-0.2, -0.15) is 0 Å². The normalized spacial score (nSPS) is 12.5. The van der Waals surface area contributed by atoms with E-state index in [2.05, 4.69) is 13.8 Å². The molecule has 0 aliphatic carbocycles. The summed E-state index contributed by atoms with van der Waals surface area (Å²) in [6, 6.07) is 0.723. The largest absolute Gasteiger partial charge is 0.502 e. The van der Waals surface area contributed by atoms with Crippen LogP contribution >= 0.6 is 0 Å². The number of rotatable bonds is 6. The van der Waals surface area contributed by atoms with Gasteiger partial charge in [-0.3, -0.25) is 0 Å². The fraction of sp³-hybridized carbons (Fsp3) is 1.00. The third-order valence-electron chi connectivity index (χ3n) is 1.56. The van der Waals surface area contributed by atoms with Crippen LogP contribution in [0.15, 0.2) is 0 Å². The minimum absolute atomic E-state index is 0.347. The van der Waals surface area contributed by atoms with Gasteiger partial charge in [-0.1, -0.05) is 13.8 Å². The molecule has 0 saturated heterocycles. The second-order valence-corrected chi connectivity index (χ2v) is 5.84. The maximum atomic E-state index is 8.63. The molecule has 0 bridgehead atoms. The molecule has 0 heterocycles. The van der Waals surface area contributed by atoms with E-state index in [1.54, 1.807) is 14.2 Å². The average Bonchev–Trinajstić information content (AvgIpc) is 2.03. The fourth-order valence-corrected chi connectivity index (χ4v) is 3.08. The quantitative estimate of drug-likeness (QED) is 0.503. The summed E-state index contributed by atoms with van der Waals surface area (Å²) in [7, 11) is 0.542. The minimum Gasteiger partial charge on any atom is -0.377 e. The van der Waals surface area contributed by atoms with Crippen LogP contribution in [-0.4, -0.2) is 34.9 Å². The van der Waals surface area contributed by atoms with Crippen LogP contribution in [0.2, 0.25) is 6.04 Å². The van der Waals surface area contributed by atoms with Crippen LogP contribution in [0.1, 0.15) is 13.8 Å². The molecule has 5 heteroatoms. The predicted molar refractivity (Wildman–Crippen MR) is 47.6 cm³/mol. The van der Waals surface area contributed by atoms with E-state index in [1.165, 1.54) is 0 Å². The first-order chi connectivity index (χ1) is 5.60. The van der Waals surface area contributed by atoms with E-state index < -0.39 is 8.80 Å². The van der Waals surface area contributed by atoms with Gasteiger partial charge >= 0.3 is 8.80 Å². The highest BCUT2D eigenvalue weighted by Gasteiger charge is 2.39. The van der Waals surface area contributed by atoms with Gasteiger partial charge < -0.3 is 18.4 Å². The molecule has 0 unspecified atom stereocenters. The Morgan fingerprint density at radius 2 is 1.75 bits per heavy atom. The van der Waals surface area contributed by atoms with Crippen molar-refractivity contribution in [1.82, 2.24) is 0 Å². The molecular formula is C7H18O4Si. The van der Waals surface area contributed by atoms with Crippen LogP contribution in [0.4, 0.5) is 0 Å². The third-order valence-corrected chi connectivity index (χ3v) is 4.69. The Morgan fingerprint density at radius 3 is 2.00 bits per heavy atom. The van der Waals surface area contributed by atoms with Crippen molar-refractivity contribution < 1.29 is 18.4 Å². The van der Waals surface area contributed by atoms with Gasteiger partial charge in [0.15, 0.2) is 0 Å². The maximum Gasteiger partial charge on any atom is 0.502 e. The minimum atomic E-state index is -2.56. The highest BCUT2D eigenvalue weighted by molar-refractivity contribution is 6.60. The average molecular weight is 194 g/mol. The van der Waals surface area contributed by atoms with Crippen LogP contribution in [0.3, 0.4) is 0 Å². The number of aliphatic hydroxyl groups is 1. The number of aliphatic hydroxyl groups excluding tert-OH is 1. The van der Waals surface area contributed by atoms with E-state index in [-0.39, 0.29) is 6.79 Å². The summed E-state index contributed by atoms with van der Waals surface area (Å²) in [6.45, 7) is 3.77. The summed E-state index contributed by atoms with van der Waals surface area (Å²) >= 11 is 0. The van der Waals surface area contributed by atoms with E-state index >= 15 is 0 Å². The van der Waals surface area contributed by atoms with Crippen LogP contribution in [-0.2, 0) is 13.3 Å². The molecule has 0 aromatic rings. The molecule has 0 aliphatic heterocycles. The zero-order valence-corrected chi connectivity index (χ0v) is 9.16. The van der Waals surface area contributed by atoms with Crippen LogP contribution in [0.25, 0.3) is 0 Å². The van der Waals surface area contributed by atoms with Gasteiger partial charge in [-0.15, -0.1) is 0 Å². The van der Waals surface area contributed by atoms with Crippen LogP contribution < -0.4 is 0 Å². The lowest BCUT2D eigenvalue weighted by molar-refractivity contribution is 0.0133. The Morgan fingerprint density at radius 1 is 1.25 bits per heavy atom. The van der Waals surface area contributed by atoms with Gasteiger partial charge in [0.1, 0.15) is 6.79 Å². The Balaban J connectivity index is 4.13. The lowest BCUT2D eigenvalue weighted by atomic mass is 10.3. The predicted octanol–water partition coefficient (Wildman–Crippen LogP) is 0.840. The molecule has 0 amide bonds. The zero-order valence-electron chi connectivity index (χ0n) is 8.16. The van der Waals surface area contributed by atoms with Crippen molar-refractivity contribution in [3.63, 3.8) is 0 Å². The van der Waals surface area contributed by atoms with Gasteiger partial charge in [0.2, 0.25) is 0 Å². The van der Waals surface area contributed by atoms with Crippen LogP contribution in [0, 0.1) is 5.92 Å². The van der Waals surface area contributed by atoms with Crippen molar-refractivity contribution in [3.8, 4) is 0 Å². The van der Waals surface area contributed by atoms with E-state index in [4.69, 9.17) is 18.4 Å². The molecule has 0 aromatic heterocycles. The van der Waals surface area contributed by atoms with Crippen LogP contribution in [0.5, 0.6) is 0 Å². The Hall–Kier alpha value is 0.0569. The lowest BCUT2D eigenvalue weighted by Crippen LogP contribution is -2.45. The Bertz CT molecular complexity index is 114. The topological polar surface area (TPSA) is 47.9 Å². The molecule has 0 saturated carbocycles. The second-order valence-electron chi connectivity index (χ2n) is 2.96. The van der Waals surface area contributed by atoms with Gasteiger partial charge in [-0.05, 0) is 5.92 Å². The lowest BCUT2D eigenvalue weighted by Gasteiger charge is -2.26. The zero-order chi connectivity index (χ0) is 9.61. The SMILES string of the molecule is CO[Si](CC(C)C)(OC)OCO. The van der Waals surface area contributed by atoms with Gasteiger partial charge in [0, 0.05) is 20.3 Å². The number of hydrogen-bond acceptors (Lipinski definition) is 4. The van der Waals surface area contributed by atoms with Gasteiger partial charge in [0.25, 0.3) is 0 Å². The van der Waals surface area contributed by atoms with Crippen molar-refractivity contribution in [1.29, 1.82) is 0 Å². The fourth-order valence-electron chi connectivity index (χ4n) is 1.03. The van der Waals surface area contributed by atoms with Crippen molar-refractivity contribution >= 4 is 8.80 Å².